The largest absolute Gasteiger partial charge is 0.339 e. The number of H-pyrrole nitrogens is 1. The van der Waals surface area contributed by atoms with Crippen molar-refractivity contribution in [1.29, 1.82) is 0 Å². The summed E-state index contributed by atoms with van der Waals surface area (Å²) in [5, 5.41) is 6.16. The van der Waals surface area contributed by atoms with Crippen molar-refractivity contribution >= 4 is 5.91 Å². The smallest absolute Gasteiger partial charge is 0.290 e. The fourth-order valence-corrected chi connectivity index (χ4v) is 1.12. The Balaban J connectivity index is 2.58. The number of nitrogens with zero attached hydrogens (tertiary/aromatic N) is 3. The minimum absolute atomic E-state index is 0.119. The lowest BCUT2D eigenvalue weighted by Crippen LogP contribution is -2.31. The van der Waals surface area contributed by atoms with Gasteiger partial charge in [0.25, 0.3) is 5.91 Å². The first-order valence-corrected chi connectivity index (χ1v) is 4.22. The number of hydrogen-bond donors (Lipinski definition) is 1. The van der Waals surface area contributed by atoms with E-state index in [4.69, 9.17) is 0 Å². The molecule has 0 bridgehead atoms. The summed E-state index contributed by atoms with van der Waals surface area (Å²) in [5.74, 6) is 0.631. The first-order valence-electron chi connectivity index (χ1n) is 4.22. The van der Waals surface area contributed by atoms with Gasteiger partial charge in [0.1, 0.15) is 6.33 Å². The molecule has 0 fully saturated rings. The molecule has 5 nitrogen and oxygen atoms in total. The van der Waals surface area contributed by atoms with Crippen LogP contribution in [-0.2, 0) is 0 Å². The van der Waals surface area contributed by atoms with Crippen LogP contribution in [0.2, 0.25) is 0 Å². The molecule has 0 aliphatic heterocycles. The molecular formula is C8H14N4O. The third-order valence-corrected chi connectivity index (χ3v) is 1.60. The van der Waals surface area contributed by atoms with Gasteiger partial charge in [0, 0.05) is 13.6 Å². The van der Waals surface area contributed by atoms with Crippen LogP contribution in [0.25, 0.3) is 0 Å². The van der Waals surface area contributed by atoms with Gasteiger partial charge in [0.05, 0.1) is 0 Å². The molecule has 0 atom stereocenters. The van der Waals surface area contributed by atoms with Crippen LogP contribution >= 0.6 is 0 Å². The first kappa shape index (κ1) is 9.70. The quantitative estimate of drug-likeness (QED) is 0.741. The second-order valence-electron chi connectivity index (χ2n) is 3.41. The van der Waals surface area contributed by atoms with Crippen LogP contribution in [0.3, 0.4) is 0 Å². The zero-order valence-corrected chi connectivity index (χ0v) is 8.11. The van der Waals surface area contributed by atoms with E-state index in [0.717, 1.165) is 6.54 Å². The van der Waals surface area contributed by atoms with E-state index in [1.54, 1.807) is 11.9 Å². The molecule has 0 saturated carbocycles. The molecule has 1 amide bonds. The highest BCUT2D eigenvalue weighted by molar-refractivity contribution is 5.90. The lowest BCUT2D eigenvalue weighted by Gasteiger charge is -2.17. The van der Waals surface area contributed by atoms with Gasteiger partial charge in [-0.2, -0.15) is 5.10 Å². The van der Waals surface area contributed by atoms with E-state index in [1.807, 2.05) is 0 Å². The number of hydrogen-bond acceptors (Lipinski definition) is 3. The third-order valence-electron chi connectivity index (χ3n) is 1.60. The zero-order chi connectivity index (χ0) is 9.84. The predicted octanol–water partition coefficient (Wildman–Crippen LogP) is 0.533. The summed E-state index contributed by atoms with van der Waals surface area (Å²) in [7, 11) is 1.75. The van der Waals surface area contributed by atoms with E-state index in [9.17, 15) is 4.79 Å². The Kier molecular flexibility index (Phi) is 3.00. The van der Waals surface area contributed by atoms with Gasteiger partial charge in [-0.05, 0) is 5.92 Å². The van der Waals surface area contributed by atoms with Gasteiger partial charge < -0.3 is 4.90 Å². The van der Waals surface area contributed by atoms with E-state index in [0.29, 0.717) is 11.7 Å². The van der Waals surface area contributed by atoms with Gasteiger partial charge in [-0.25, -0.2) is 4.98 Å². The standard InChI is InChI=1S/C8H14N4O/c1-6(2)4-12(3)8(13)7-9-5-10-11-7/h5-6H,4H2,1-3H3,(H,9,10,11). The van der Waals surface area contributed by atoms with E-state index >= 15 is 0 Å². The molecule has 0 aliphatic rings. The van der Waals surface area contributed by atoms with Crippen LogP contribution < -0.4 is 0 Å². The van der Waals surface area contributed by atoms with Gasteiger partial charge in [-0.15, -0.1) is 0 Å². The van der Waals surface area contributed by atoms with Crippen LogP contribution in [0.15, 0.2) is 6.33 Å². The van der Waals surface area contributed by atoms with E-state index in [-0.39, 0.29) is 5.91 Å². The number of aromatic nitrogens is 3. The molecule has 0 saturated heterocycles. The van der Waals surface area contributed by atoms with Gasteiger partial charge in [-0.1, -0.05) is 13.8 Å². The fraction of sp³-hybridized carbons (Fsp3) is 0.625. The van der Waals surface area contributed by atoms with Gasteiger partial charge in [-0.3, -0.25) is 9.89 Å². The molecule has 0 aromatic carbocycles. The second-order valence-corrected chi connectivity index (χ2v) is 3.41. The number of amides is 1. The van der Waals surface area contributed by atoms with Crippen molar-refractivity contribution in [2.75, 3.05) is 13.6 Å². The molecule has 0 aliphatic carbocycles. The summed E-state index contributed by atoms with van der Waals surface area (Å²) in [6, 6.07) is 0. The summed E-state index contributed by atoms with van der Waals surface area (Å²) in [6.07, 6.45) is 1.33. The molecule has 72 valence electrons. The van der Waals surface area contributed by atoms with Crippen LogP contribution in [0.5, 0.6) is 0 Å². The Labute approximate surface area is 77.2 Å². The van der Waals surface area contributed by atoms with E-state index in [1.165, 1.54) is 6.33 Å². The van der Waals surface area contributed by atoms with Crippen molar-refractivity contribution < 1.29 is 4.79 Å². The maximum Gasteiger partial charge on any atom is 0.290 e. The molecule has 1 heterocycles. The van der Waals surface area contributed by atoms with Gasteiger partial charge in [0.15, 0.2) is 0 Å². The summed E-state index contributed by atoms with van der Waals surface area (Å²) < 4.78 is 0. The molecule has 1 aromatic heterocycles. The predicted molar refractivity (Wildman–Crippen MR) is 48.2 cm³/mol. The average Bonchev–Trinajstić information content (AvgIpc) is 2.53. The van der Waals surface area contributed by atoms with Gasteiger partial charge in [0.2, 0.25) is 5.82 Å². The lowest BCUT2D eigenvalue weighted by molar-refractivity contribution is 0.0767. The van der Waals surface area contributed by atoms with Crippen molar-refractivity contribution in [3.8, 4) is 0 Å². The number of carbonyl (C=O) groups is 1. The molecule has 0 radical (unpaired) electrons. The molecular weight excluding hydrogens is 168 g/mol. The number of aromatic amines is 1. The van der Waals surface area contributed by atoms with Crippen molar-refractivity contribution in [3.63, 3.8) is 0 Å². The van der Waals surface area contributed by atoms with Crippen LogP contribution in [0.4, 0.5) is 0 Å². The fourth-order valence-electron chi connectivity index (χ4n) is 1.12. The van der Waals surface area contributed by atoms with Crippen molar-refractivity contribution in [3.05, 3.63) is 12.2 Å². The Morgan fingerprint density at radius 2 is 2.38 bits per heavy atom. The summed E-state index contributed by atoms with van der Waals surface area (Å²) in [4.78, 5) is 17.0. The topological polar surface area (TPSA) is 61.9 Å². The van der Waals surface area contributed by atoms with E-state index < -0.39 is 0 Å². The Hall–Kier alpha value is -1.39. The number of carbonyl (C=O) groups excluding carboxylic acids is 1. The second kappa shape index (κ2) is 4.02. The zero-order valence-electron chi connectivity index (χ0n) is 8.11. The minimum atomic E-state index is -0.119. The number of nitrogens with one attached hydrogen (secondary N) is 1. The van der Waals surface area contributed by atoms with Crippen molar-refractivity contribution in [2.45, 2.75) is 13.8 Å². The normalized spacial score (nSPS) is 10.5. The highest BCUT2D eigenvalue weighted by Crippen LogP contribution is 1.99. The molecule has 0 spiro atoms. The lowest BCUT2D eigenvalue weighted by atomic mass is 10.2. The van der Waals surface area contributed by atoms with Crippen molar-refractivity contribution in [2.24, 2.45) is 5.92 Å². The van der Waals surface area contributed by atoms with Crippen molar-refractivity contribution in [1.82, 2.24) is 20.1 Å². The summed E-state index contributed by atoms with van der Waals surface area (Å²) in [5.41, 5.74) is 0. The molecule has 1 rings (SSSR count). The maximum absolute atomic E-state index is 11.5. The van der Waals surface area contributed by atoms with Crippen LogP contribution in [0.1, 0.15) is 24.5 Å². The highest BCUT2D eigenvalue weighted by Gasteiger charge is 2.14. The Morgan fingerprint density at radius 3 is 2.85 bits per heavy atom. The molecule has 5 heteroatoms. The van der Waals surface area contributed by atoms with Gasteiger partial charge >= 0.3 is 0 Å². The molecule has 0 unspecified atom stereocenters. The average molecular weight is 182 g/mol. The van der Waals surface area contributed by atoms with Crippen LogP contribution in [0, 0.1) is 5.92 Å². The Morgan fingerprint density at radius 1 is 1.69 bits per heavy atom. The van der Waals surface area contributed by atoms with Crippen LogP contribution in [-0.4, -0.2) is 39.6 Å². The van der Waals surface area contributed by atoms with E-state index in [2.05, 4.69) is 29.0 Å². The summed E-state index contributed by atoms with van der Waals surface area (Å²) in [6.45, 7) is 4.84. The number of rotatable bonds is 3. The Bertz CT molecular complexity index is 268. The first-order chi connectivity index (χ1) is 6.11. The third kappa shape index (κ3) is 2.54. The highest BCUT2D eigenvalue weighted by atomic mass is 16.2. The minimum Gasteiger partial charge on any atom is -0.339 e. The SMILES string of the molecule is CC(C)CN(C)C(=O)c1ncn[nH]1. The molecule has 1 N–H and O–H groups in total. The monoisotopic (exact) mass is 182 g/mol. The summed E-state index contributed by atoms with van der Waals surface area (Å²) >= 11 is 0. The maximum atomic E-state index is 11.5. The molecule has 1 aromatic rings. The molecule has 13 heavy (non-hydrogen) atoms.